The molecule has 2 saturated heterocycles. The van der Waals surface area contributed by atoms with E-state index in [1.165, 1.54) is 60.7 Å². The number of piperidine rings is 1. The van der Waals surface area contributed by atoms with Gasteiger partial charge in [-0.1, -0.05) is 17.7 Å². The normalized spacial score (nSPS) is 28.2. The first kappa shape index (κ1) is 56.5. The Kier molecular flexibility index (Phi) is 14.9. The molecule has 3 fully saturated rings. The van der Waals surface area contributed by atoms with Crippen molar-refractivity contribution in [3.63, 3.8) is 0 Å². The number of carbonyl (C=O) groups is 8. The number of carboxylic acids is 3. The second-order valence-electron chi connectivity index (χ2n) is 19.8. The number of aliphatic hydroxyl groups is 6. The largest absolute Gasteiger partial charge is 0.506 e. The van der Waals surface area contributed by atoms with Crippen molar-refractivity contribution < 1.29 is 118 Å². The van der Waals surface area contributed by atoms with Gasteiger partial charge in [-0.15, -0.1) is 0 Å². The van der Waals surface area contributed by atoms with Crippen LogP contribution in [0.2, 0.25) is 5.02 Å². The number of ether oxygens (including phenoxy) is 5. The van der Waals surface area contributed by atoms with Crippen molar-refractivity contribution in [3.8, 4) is 28.7 Å². The van der Waals surface area contributed by atoms with Crippen LogP contribution in [0.5, 0.6) is 28.7 Å². The lowest BCUT2D eigenvalue weighted by atomic mass is 9.77. The molecule has 0 radical (unpaired) electrons. The number of benzene rings is 4. The number of nitrogens with one attached hydrogen (secondary N) is 2. The number of halogens is 1. The molecule has 5 heterocycles. The number of aliphatic carboxylic acids is 3. The number of amides is 4. The van der Waals surface area contributed by atoms with Crippen LogP contribution in [-0.4, -0.2) is 171 Å². The number of carbonyl (C=O) groups excluding carboxylic acids is 5. The fourth-order valence-corrected chi connectivity index (χ4v) is 10.7. The Morgan fingerprint density at radius 1 is 0.695 bits per heavy atom. The first-order valence-corrected chi connectivity index (χ1v) is 25.3. The SMILES string of the molecule is O=C(CCC(=O)NC1C(=O)N(C(=O)c2cc3cc(Cl)c(O)cc3oc2=O)CCC1C(=O)O)Nc1ccc2c(c1)C(=O)OC21c2ccc(OC3CC(C(=O)O)C(O)C(O)C3O)cc2Oc2cc(OC3OC(C(=O)O)C(O)C(O)C3O)ccc21. The van der Waals surface area contributed by atoms with E-state index >= 15 is 0 Å². The highest BCUT2D eigenvalue weighted by atomic mass is 35.5. The van der Waals surface area contributed by atoms with Gasteiger partial charge in [0.25, 0.3) is 11.8 Å². The number of imide groups is 1. The number of fused-ring (bicyclic) bond motifs is 7. The van der Waals surface area contributed by atoms with Gasteiger partial charge >= 0.3 is 29.5 Å². The van der Waals surface area contributed by atoms with E-state index in [1.807, 2.05) is 0 Å². The van der Waals surface area contributed by atoms with Gasteiger partial charge in [0, 0.05) is 71.8 Å². The monoisotopic (exact) mass is 1160 g/mol. The van der Waals surface area contributed by atoms with Crippen LogP contribution in [-0.2, 0) is 43.8 Å². The predicted octanol–water partition coefficient (Wildman–Crippen LogP) is -0.0974. The van der Waals surface area contributed by atoms with E-state index in [0.29, 0.717) is 4.90 Å². The molecule has 4 aliphatic heterocycles. The summed E-state index contributed by atoms with van der Waals surface area (Å²) in [4.78, 5) is 118. The number of carboxylic acid groups (broad SMARTS) is 3. The molecule has 12 N–H and O–H groups in total. The smallest absolute Gasteiger partial charge is 0.349 e. The number of likely N-dealkylation sites (tertiary alicyclic amines) is 1. The van der Waals surface area contributed by atoms with Crippen molar-refractivity contribution in [3.05, 3.63) is 116 Å². The maximum absolute atomic E-state index is 14.1. The zero-order valence-electron chi connectivity index (χ0n) is 41.8. The minimum absolute atomic E-state index is 0.00831. The topological polar surface area (TPSA) is 443 Å². The van der Waals surface area contributed by atoms with Crippen LogP contribution in [0.15, 0.2) is 82.0 Å². The number of nitrogens with zero attached hydrogens (tertiary/aromatic N) is 1. The summed E-state index contributed by atoms with van der Waals surface area (Å²) in [6, 6.07) is 13.5. The van der Waals surface area contributed by atoms with Gasteiger partial charge in [-0.25, -0.2) is 14.4 Å². The quantitative estimate of drug-likeness (QED) is 0.0416. The summed E-state index contributed by atoms with van der Waals surface area (Å²) < 4.78 is 34.7. The second kappa shape index (κ2) is 21.6. The van der Waals surface area contributed by atoms with E-state index in [1.54, 1.807) is 0 Å². The van der Waals surface area contributed by atoms with E-state index in [4.69, 9.17) is 39.7 Å². The molecule has 4 aromatic carbocycles. The third-order valence-corrected chi connectivity index (χ3v) is 15.1. The number of esters is 1. The van der Waals surface area contributed by atoms with E-state index in [-0.39, 0.29) is 73.4 Å². The summed E-state index contributed by atoms with van der Waals surface area (Å²) in [6.07, 6.45) is -18.8. The molecule has 13 unspecified atom stereocenters. The summed E-state index contributed by atoms with van der Waals surface area (Å²) in [7, 11) is 0. The van der Waals surface area contributed by atoms with Crippen LogP contribution in [0.1, 0.15) is 63.1 Å². The first-order chi connectivity index (χ1) is 38.9. The highest BCUT2D eigenvalue weighted by Crippen LogP contribution is 2.57. The van der Waals surface area contributed by atoms with Crippen LogP contribution in [0.4, 0.5) is 5.69 Å². The third kappa shape index (κ3) is 10.0. The number of rotatable bonds is 13. The fraction of sp³-hybridized carbons (Fsp3) is 0.340. The van der Waals surface area contributed by atoms with Crippen molar-refractivity contribution in [2.75, 3.05) is 11.9 Å². The molecule has 82 heavy (non-hydrogen) atoms. The number of aromatic hydroxyl groups is 1. The molecule has 28 nitrogen and oxygen atoms in total. The maximum Gasteiger partial charge on any atom is 0.349 e. The molecule has 1 aliphatic carbocycles. The van der Waals surface area contributed by atoms with Gasteiger partial charge in [-0.2, -0.15) is 0 Å². The standard InChI is InChI=1S/C53H46ClN3O25/c54-29-12-18-11-25(50(75)80-31(18)17-30(29)58)45(67)57-10-9-22(47(69)70)37(46(57)68)56-36(60)8-7-35(59)55-19-1-4-26-23(13-19)51(76)82-53(26)27-5-2-20(77-34-16-24(48(71)72)38(61)40(63)39(34)62)14-32(27)79-33-15-21(3-6-28(33)53)78-52-43(66)41(64)42(65)44(81-52)49(73)74/h1-6,11-15,17,22,24,34,37-44,52,58,61-66H,7-10,16H2,(H,55,59)(H,56,60)(H,69,70)(H,71,72)(H,73,74). The lowest BCUT2D eigenvalue weighted by Crippen LogP contribution is -2.61. The Balaban J connectivity index is 0.883. The summed E-state index contributed by atoms with van der Waals surface area (Å²) in [5.41, 5.74) is -3.53. The van der Waals surface area contributed by atoms with Crippen molar-refractivity contribution in [2.24, 2.45) is 11.8 Å². The predicted molar refractivity (Wildman–Crippen MR) is 269 cm³/mol. The molecule has 13 atom stereocenters. The molecule has 1 spiro atoms. The first-order valence-electron chi connectivity index (χ1n) is 24.9. The number of aliphatic hydroxyl groups excluding tert-OH is 6. The zero-order valence-corrected chi connectivity index (χ0v) is 42.6. The Hall–Kier alpha value is -8.74. The molecule has 29 heteroatoms. The van der Waals surface area contributed by atoms with Crippen molar-refractivity contribution in [1.82, 2.24) is 10.2 Å². The molecule has 4 amide bonds. The fourth-order valence-electron chi connectivity index (χ4n) is 10.6. The molecule has 430 valence electrons. The number of phenolic OH excluding ortho intramolecular Hbond substituents is 1. The van der Waals surface area contributed by atoms with Gasteiger partial charge in [0.05, 0.1) is 28.5 Å². The molecule has 0 bridgehead atoms. The van der Waals surface area contributed by atoms with Crippen molar-refractivity contribution in [2.45, 2.75) is 92.4 Å². The molecular formula is C53H46ClN3O25. The molecule has 5 aromatic rings. The minimum atomic E-state index is -2.04. The van der Waals surface area contributed by atoms with Crippen molar-refractivity contribution >= 4 is 75.8 Å². The third-order valence-electron chi connectivity index (χ3n) is 14.8. The number of anilines is 1. The Labute approximate surface area is 463 Å². The molecule has 1 aromatic heterocycles. The second-order valence-corrected chi connectivity index (χ2v) is 20.2. The molecule has 10 rings (SSSR count). The van der Waals surface area contributed by atoms with Gasteiger partial charge in [-0.3, -0.25) is 33.7 Å². The Morgan fingerprint density at radius 2 is 1.33 bits per heavy atom. The highest BCUT2D eigenvalue weighted by molar-refractivity contribution is 6.32. The van der Waals surface area contributed by atoms with Crippen LogP contribution < -0.4 is 30.5 Å². The Morgan fingerprint density at radius 3 is 1.99 bits per heavy atom. The lowest BCUT2D eigenvalue weighted by molar-refractivity contribution is -0.271. The van der Waals surface area contributed by atoms with E-state index in [0.717, 1.165) is 12.1 Å². The van der Waals surface area contributed by atoms with Crippen molar-refractivity contribution in [1.29, 1.82) is 0 Å². The lowest BCUT2D eigenvalue weighted by Gasteiger charge is -2.39. The molecule has 1 saturated carbocycles. The summed E-state index contributed by atoms with van der Waals surface area (Å²) >= 11 is 5.97. The van der Waals surface area contributed by atoms with E-state index < -0.39 is 169 Å². The average molecular weight is 1160 g/mol. The zero-order chi connectivity index (χ0) is 59.0. The van der Waals surface area contributed by atoms with Gasteiger partial charge in [0.1, 0.15) is 82.6 Å². The Bertz CT molecular complexity index is 3490. The number of hydrogen-bond donors (Lipinski definition) is 12. The molecular weight excluding hydrogens is 1110 g/mol. The van der Waals surface area contributed by atoms with E-state index in [2.05, 4.69) is 10.6 Å². The van der Waals surface area contributed by atoms with Crippen LogP contribution >= 0.6 is 11.6 Å². The van der Waals surface area contributed by atoms with Gasteiger partial charge in [0.2, 0.25) is 18.1 Å². The average Bonchev–Trinajstić information content (AvgIpc) is 3.35. The maximum atomic E-state index is 14.1. The highest BCUT2D eigenvalue weighted by Gasteiger charge is 2.55. The van der Waals surface area contributed by atoms with E-state index in [9.17, 15) is 94.2 Å². The summed E-state index contributed by atoms with van der Waals surface area (Å²) in [5.74, 6) is -13.7. The van der Waals surface area contributed by atoms with Crippen LogP contribution in [0, 0.1) is 11.8 Å². The number of hydrogen-bond acceptors (Lipinski definition) is 22. The summed E-state index contributed by atoms with van der Waals surface area (Å²) in [5, 5.41) is 107. The van der Waals surface area contributed by atoms with Gasteiger partial charge in [-0.05, 0) is 55.0 Å². The van der Waals surface area contributed by atoms with Crippen LogP contribution in [0.25, 0.3) is 11.0 Å². The van der Waals surface area contributed by atoms with Crippen LogP contribution in [0.3, 0.4) is 0 Å². The van der Waals surface area contributed by atoms with Gasteiger partial charge in [0.15, 0.2) is 11.7 Å². The summed E-state index contributed by atoms with van der Waals surface area (Å²) in [6.45, 7) is -0.464. The van der Waals surface area contributed by atoms with Gasteiger partial charge < -0.3 is 89.8 Å². The molecule has 5 aliphatic rings. The number of phenols is 1. The minimum Gasteiger partial charge on any atom is -0.506 e.